The largest absolute Gasteiger partial charge is 0.356 e. The van der Waals surface area contributed by atoms with E-state index < -0.39 is 0 Å². The maximum Gasteiger partial charge on any atom is 0.220 e. The van der Waals surface area contributed by atoms with Gasteiger partial charge in [0, 0.05) is 13.0 Å². The molecule has 0 fully saturated rings. The highest BCUT2D eigenvalue weighted by molar-refractivity contribution is 5.85. The Morgan fingerprint density at radius 2 is 1.88 bits per heavy atom. The molecule has 98 valence electrons. The molecule has 0 saturated carbocycles. The van der Waals surface area contributed by atoms with Gasteiger partial charge in [-0.3, -0.25) is 4.79 Å². The summed E-state index contributed by atoms with van der Waals surface area (Å²) >= 11 is 0. The van der Waals surface area contributed by atoms with Crippen molar-refractivity contribution in [2.75, 3.05) is 20.1 Å². The van der Waals surface area contributed by atoms with Gasteiger partial charge >= 0.3 is 0 Å². The third kappa shape index (κ3) is 8.98. The lowest BCUT2D eigenvalue weighted by Crippen LogP contribution is -2.29. The minimum Gasteiger partial charge on any atom is -0.356 e. The zero-order chi connectivity index (χ0) is 11.7. The van der Waals surface area contributed by atoms with Crippen molar-refractivity contribution in [1.29, 1.82) is 0 Å². The lowest BCUT2D eigenvalue weighted by Gasteiger charge is -2.18. The molecule has 0 bridgehead atoms. The third-order valence-electron chi connectivity index (χ3n) is 2.84. The van der Waals surface area contributed by atoms with Gasteiger partial charge in [-0.15, -0.1) is 12.4 Å². The number of hydrogen-bond donors (Lipinski definition) is 2. The predicted octanol–water partition coefficient (Wildman–Crippen LogP) is 2.21. The van der Waals surface area contributed by atoms with E-state index >= 15 is 0 Å². The number of carbonyl (C=O) groups excluding carboxylic acids is 1. The van der Waals surface area contributed by atoms with Crippen LogP contribution in [0.1, 0.15) is 40.0 Å². The van der Waals surface area contributed by atoms with E-state index in [-0.39, 0.29) is 18.3 Å². The van der Waals surface area contributed by atoms with Gasteiger partial charge in [-0.05, 0) is 31.8 Å². The molecule has 0 heterocycles. The average molecular weight is 251 g/mol. The van der Waals surface area contributed by atoms with Crippen molar-refractivity contribution in [2.45, 2.75) is 40.0 Å². The molecule has 0 rings (SSSR count). The zero-order valence-corrected chi connectivity index (χ0v) is 11.8. The van der Waals surface area contributed by atoms with Crippen molar-refractivity contribution in [3.63, 3.8) is 0 Å². The highest BCUT2D eigenvalue weighted by atomic mass is 35.5. The summed E-state index contributed by atoms with van der Waals surface area (Å²) in [4.78, 5) is 11.5. The van der Waals surface area contributed by atoms with Crippen LogP contribution in [-0.4, -0.2) is 26.0 Å². The highest BCUT2D eigenvalue weighted by Crippen LogP contribution is 2.18. The molecule has 1 atom stereocenters. The molecule has 4 heteroatoms. The lowest BCUT2D eigenvalue weighted by molar-refractivity contribution is -0.122. The second kappa shape index (κ2) is 11.2. The van der Waals surface area contributed by atoms with Crippen molar-refractivity contribution < 1.29 is 4.79 Å². The molecular formula is C12H27ClN2O. The Bertz CT molecular complexity index is 174. The van der Waals surface area contributed by atoms with E-state index in [0.717, 1.165) is 25.9 Å². The maximum atomic E-state index is 11.5. The average Bonchev–Trinajstić information content (AvgIpc) is 2.20. The molecule has 1 amide bonds. The number of halogens is 1. The Labute approximate surface area is 106 Å². The smallest absolute Gasteiger partial charge is 0.220 e. The summed E-state index contributed by atoms with van der Waals surface area (Å²) in [5.41, 5.74) is 0. The first-order chi connectivity index (χ1) is 7.11. The first-order valence-corrected chi connectivity index (χ1v) is 6.03. The number of nitrogens with one attached hydrogen (secondary N) is 2. The Balaban J connectivity index is 0. The first kappa shape index (κ1) is 18.1. The summed E-state index contributed by atoms with van der Waals surface area (Å²) in [5.74, 6) is 1.32. The molecular weight excluding hydrogens is 224 g/mol. The van der Waals surface area contributed by atoms with Gasteiger partial charge in [-0.2, -0.15) is 0 Å². The lowest BCUT2D eigenvalue weighted by atomic mass is 9.90. The van der Waals surface area contributed by atoms with Crippen LogP contribution in [0.15, 0.2) is 0 Å². The molecule has 0 aliphatic carbocycles. The molecule has 16 heavy (non-hydrogen) atoms. The van der Waals surface area contributed by atoms with Crippen LogP contribution >= 0.6 is 12.4 Å². The predicted molar refractivity (Wildman–Crippen MR) is 72.0 cm³/mol. The van der Waals surface area contributed by atoms with Gasteiger partial charge in [0.05, 0.1) is 0 Å². The van der Waals surface area contributed by atoms with Gasteiger partial charge in [0.1, 0.15) is 0 Å². The number of hydrogen-bond acceptors (Lipinski definition) is 2. The highest BCUT2D eigenvalue weighted by Gasteiger charge is 2.14. The van der Waals surface area contributed by atoms with Crippen molar-refractivity contribution in [3.8, 4) is 0 Å². The quantitative estimate of drug-likeness (QED) is 0.649. The molecule has 0 aliphatic heterocycles. The van der Waals surface area contributed by atoms with Crippen molar-refractivity contribution in [1.82, 2.24) is 10.6 Å². The van der Waals surface area contributed by atoms with Crippen LogP contribution in [0.3, 0.4) is 0 Å². The molecule has 0 saturated heterocycles. The molecule has 0 spiro atoms. The zero-order valence-electron chi connectivity index (χ0n) is 11.0. The van der Waals surface area contributed by atoms with Crippen molar-refractivity contribution in [3.05, 3.63) is 0 Å². The van der Waals surface area contributed by atoms with Crippen molar-refractivity contribution in [2.24, 2.45) is 11.8 Å². The number of carbonyl (C=O) groups is 1. The summed E-state index contributed by atoms with van der Waals surface area (Å²) in [5, 5.41) is 6.02. The monoisotopic (exact) mass is 250 g/mol. The molecule has 0 aliphatic rings. The van der Waals surface area contributed by atoms with Crippen LogP contribution < -0.4 is 10.6 Å². The maximum absolute atomic E-state index is 11.5. The third-order valence-corrected chi connectivity index (χ3v) is 2.84. The normalized spacial score (nSPS) is 12.1. The fourth-order valence-corrected chi connectivity index (χ4v) is 1.65. The van der Waals surface area contributed by atoms with Gasteiger partial charge in [0.2, 0.25) is 5.91 Å². The summed E-state index contributed by atoms with van der Waals surface area (Å²) in [6, 6.07) is 0. The van der Waals surface area contributed by atoms with Gasteiger partial charge in [-0.1, -0.05) is 27.2 Å². The van der Waals surface area contributed by atoms with Gasteiger partial charge in [0.25, 0.3) is 0 Å². The summed E-state index contributed by atoms with van der Waals surface area (Å²) in [6.45, 7) is 8.26. The van der Waals surface area contributed by atoms with Crippen LogP contribution in [0, 0.1) is 11.8 Å². The van der Waals surface area contributed by atoms with E-state index in [0.29, 0.717) is 18.3 Å². The Hall–Kier alpha value is -0.280. The van der Waals surface area contributed by atoms with E-state index in [1.54, 1.807) is 0 Å². The Morgan fingerprint density at radius 1 is 1.25 bits per heavy atom. The van der Waals surface area contributed by atoms with E-state index in [1.165, 1.54) is 0 Å². The van der Waals surface area contributed by atoms with E-state index in [4.69, 9.17) is 0 Å². The second-order valence-electron chi connectivity index (χ2n) is 4.42. The molecule has 0 aromatic rings. The summed E-state index contributed by atoms with van der Waals surface area (Å²) < 4.78 is 0. The number of amides is 1. The van der Waals surface area contributed by atoms with E-state index in [9.17, 15) is 4.79 Å². The van der Waals surface area contributed by atoms with Crippen molar-refractivity contribution >= 4 is 18.3 Å². The van der Waals surface area contributed by atoms with Gasteiger partial charge in [0.15, 0.2) is 0 Å². The fraction of sp³-hybridized carbons (Fsp3) is 0.917. The fourth-order valence-electron chi connectivity index (χ4n) is 1.65. The molecule has 0 aromatic carbocycles. The van der Waals surface area contributed by atoms with Crippen LogP contribution in [0.25, 0.3) is 0 Å². The van der Waals surface area contributed by atoms with Crippen LogP contribution in [0.2, 0.25) is 0 Å². The molecule has 3 nitrogen and oxygen atoms in total. The van der Waals surface area contributed by atoms with Gasteiger partial charge in [-0.25, -0.2) is 0 Å². The Morgan fingerprint density at radius 3 is 2.31 bits per heavy atom. The van der Waals surface area contributed by atoms with Crippen LogP contribution in [-0.2, 0) is 4.79 Å². The number of rotatable bonds is 8. The standard InChI is InChI=1S/C12H26N2O.ClH/c1-5-11(10(2)3)9-12(15)14-8-6-7-13-4;/h10-11,13H,5-9H2,1-4H3,(H,14,15);1H. The van der Waals surface area contributed by atoms with Crippen LogP contribution in [0.5, 0.6) is 0 Å². The molecule has 2 N–H and O–H groups in total. The minimum absolute atomic E-state index is 0. The SMILES string of the molecule is CCC(CC(=O)NCCCNC)C(C)C.Cl. The first-order valence-electron chi connectivity index (χ1n) is 6.03. The summed E-state index contributed by atoms with van der Waals surface area (Å²) in [6.07, 6.45) is 2.76. The van der Waals surface area contributed by atoms with E-state index in [1.807, 2.05) is 7.05 Å². The molecule has 1 unspecified atom stereocenters. The Kier molecular flexibility index (Phi) is 12.7. The second-order valence-corrected chi connectivity index (χ2v) is 4.42. The summed E-state index contributed by atoms with van der Waals surface area (Å²) in [7, 11) is 1.92. The minimum atomic E-state index is 0. The van der Waals surface area contributed by atoms with Gasteiger partial charge < -0.3 is 10.6 Å². The van der Waals surface area contributed by atoms with Crippen LogP contribution in [0.4, 0.5) is 0 Å². The topological polar surface area (TPSA) is 41.1 Å². The van der Waals surface area contributed by atoms with E-state index in [2.05, 4.69) is 31.4 Å². The molecule has 0 radical (unpaired) electrons. The molecule has 0 aromatic heterocycles.